The fourth-order valence-corrected chi connectivity index (χ4v) is 1.67. The molecule has 0 fully saturated rings. The van der Waals surface area contributed by atoms with Gasteiger partial charge in [-0.2, -0.15) is 0 Å². The lowest BCUT2D eigenvalue weighted by molar-refractivity contribution is 0.106. The Morgan fingerprint density at radius 2 is 2.46 bits per heavy atom. The quantitative estimate of drug-likeness (QED) is 0.594. The van der Waals surface area contributed by atoms with Crippen molar-refractivity contribution in [1.82, 2.24) is 14.4 Å². The van der Waals surface area contributed by atoms with Crippen molar-refractivity contribution >= 4 is 5.78 Å². The predicted octanol–water partition coefficient (Wildman–Crippen LogP) is 0.802. The van der Waals surface area contributed by atoms with E-state index in [0.717, 1.165) is 30.2 Å². The van der Waals surface area contributed by atoms with Crippen LogP contribution >= 0.6 is 0 Å². The Labute approximate surface area is 75.2 Å². The number of ether oxygens (including phenoxy) is 1. The summed E-state index contributed by atoms with van der Waals surface area (Å²) < 4.78 is 7.37. The van der Waals surface area contributed by atoms with Crippen molar-refractivity contribution in [2.75, 3.05) is 6.61 Å². The minimum atomic E-state index is 0.655. The molecule has 0 atom stereocenters. The molecule has 1 aliphatic rings. The van der Waals surface area contributed by atoms with Crippen molar-refractivity contribution in [3.8, 4) is 0 Å². The molecule has 2 aromatic rings. The van der Waals surface area contributed by atoms with E-state index in [0.29, 0.717) is 6.61 Å². The second-order valence-corrected chi connectivity index (χ2v) is 3.10. The van der Waals surface area contributed by atoms with Crippen LogP contribution in [-0.2, 0) is 17.8 Å². The first-order chi connectivity index (χ1) is 6.45. The van der Waals surface area contributed by atoms with Crippen LogP contribution in [0.4, 0.5) is 0 Å². The van der Waals surface area contributed by atoms with Crippen LogP contribution in [0.5, 0.6) is 0 Å². The van der Waals surface area contributed by atoms with Gasteiger partial charge in [0, 0.05) is 18.8 Å². The summed E-state index contributed by atoms with van der Waals surface area (Å²) >= 11 is 0. The van der Waals surface area contributed by atoms with Gasteiger partial charge < -0.3 is 4.74 Å². The number of fused-ring (bicyclic) bond motifs is 3. The van der Waals surface area contributed by atoms with Gasteiger partial charge in [0.05, 0.1) is 24.6 Å². The summed E-state index contributed by atoms with van der Waals surface area (Å²) in [7, 11) is 0. The number of aromatic nitrogens is 3. The molecule has 2 aromatic heterocycles. The summed E-state index contributed by atoms with van der Waals surface area (Å²) in [5, 5.41) is 0. The Kier molecular flexibility index (Phi) is 1.37. The van der Waals surface area contributed by atoms with E-state index < -0.39 is 0 Å². The topological polar surface area (TPSA) is 39.4 Å². The third kappa shape index (κ3) is 0.954. The van der Waals surface area contributed by atoms with Crippen LogP contribution in [0.3, 0.4) is 0 Å². The van der Waals surface area contributed by atoms with Crippen molar-refractivity contribution in [2.24, 2.45) is 0 Å². The van der Waals surface area contributed by atoms with E-state index >= 15 is 0 Å². The summed E-state index contributed by atoms with van der Waals surface area (Å²) in [6.45, 7) is 1.43. The zero-order valence-corrected chi connectivity index (χ0v) is 7.10. The van der Waals surface area contributed by atoms with Crippen LogP contribution in [0.2, 0.25) is 0 Å². The highest BCUT2D eigenvalue weighted by Gasteiger charge is 2.15. The Balaban J connectivity index is 2.34. The predicted molar refractivity (Wildman–Crippen MR) is 46.3 cm³/mol. The summed E-state index contributed by atoms with van der Waals surface area (Å²) in [6, 6.07) is 1.91. The maximum Gasteiger partial charge on any atom is 0.234 e. The minimum absolute atomic E-state index is 0.655. The van der Waals surface area contributed by atoms with Crippen LogP contribution in [0.25, 0.3) is 5.78 Å². The maximum absolute atomic E-state index is 5.37. The average Bonchev–Trinajstić information content (AvgIpc) is 2.56. The van der Waals surface area contributed by atoms with Gasteiger partial charge >= 0.3 is 0 Å². The number of imidazole rings is 1. The van der Waals surface area contributed by atoms with Crippen molar-refractivity contribution in [3.05, 3.63) is 29.8 Å². The maximum atomic E-state index is 5.37. The van der Waals surface area contributed by atoms with Gasteiger partial charge in [0.25, 0.3) is 0 Å². The second kappa shape index (κ2) is 2.53. The van der Waals surface area contributed by atoms with Gasteiger partial charge in [-0.05, 0) is 6.07 Å². The van der Waals surface area contributed by atoms with E-state index in [9.17, 15) is 0 Å². The number of hydrogen-bond acceptors (Lipinski definition) is 3. The molecule has 0 unspecified atom stereocenters. The SMILES string of the molecule is c1cnc2nc3c(n2c1)COCC3. The van der Waals surface area contributed by atoms with Crippen LogP contribution in [0.15, 0.2) is 18.5 Å². The van der Waals surface area contributed by atoms with E-state index in [4.69, 9.17) is 4.74 Å². The van der Waals surface area contributed by atoms with Crippen molar-refractivity contribution in [2.45, 2.75) is 13.0 Å². The molecule has 0 radical (unpaired) electrons. The van der Waals surface area contributed by atoms with E-state index in [1.54, 1.807) is 6.20 Å². The molecule has 0 N–H and O–H groups in total. The molecule has 1 aliphatic heterocycles. The Hall–Kier alpha value is -1.42. The van der Waals surface area contributed by atoms with Gasteiger partial charge in [-0.25, -0.2) is 9.97 Å². The summed E-state index contributed by atoms with van der Waals surface area (Å²) in [6.07, 6.45) is 4.64. The molecule has 0 spiro atoms. The molecule has 66 valence electrons. The van der Waals surface area contributed by atoms with Crippen molar-refractivity contribution in [1.29, 1.82) is 0 Å². The molecule has 4 heteroatoms. The van der Waals surface area contributed by atoms with E-state index in [1.165, 1.54) is 0 Å². The first-order valence-corrected chi connectivity index (χ1v) is 4.34. The molecule has 0 amide bonds. The van der Waals surface area contributed by atoms with Gasteiger partial charge in [0.15, 0.2) is 0 Å². The zero-order valence-electron chi connectivity index (χ0n) is 7.10. The van der Waals surface area contributed by atoms with Crippen molar-refractivity contribution < 1.29 is 4.74 Å². The first-order valence-electron chi connectivity index (χ1n) is 4.34. The zero-order chi connectivity index (χ0) is 8.67. The fourth-order valence-electron chi connectivity index (χ4n) is 1.67. The van der Waals surface area contributed by atoms with Crippen LogP contribution in [0.1, 0.15) is 11.4 Å². The van der Waals surface area contributed by atoms with E-state index in [1.807, 2.05) is 16.7 Å². The molecule has 0 aromatic carbocycles. The number of hydrogen-bond donors (Lipinski definition) is 0. The molecule has 13 heavy (non-hydrogen) atoms. The second-order valence-electron chi connectivity index (χ2n) is 3.10. The molecular formula is C9H9N3O. The standard InChI is InChI=1S/C9H9N3O/c1-3-10-9-11-7-2-5-13-6-8(7)12(9)4-1/h1,3-4H,2,5-6H2. The highest BCUT2D eigenvalue weighted by atomic mass is 16.5. The summed E-state index contributed by atoms with van der Waals surface area (Å²) in [5.41, 5.74) is 2.28. The lowest BCUT2D eigenvalue weighted by Crippen LogP contribution is -2.10. The molecular weight excluding hydrogens is 166 g/mol. The number of nitrogens with zero attached hydrogens (tertiary/aromatic N) is 3. The Bertz CT molecular complexity index is 449. The summed E-state index contributed by atoms with van der Waals surface area (Å²) in [4.78, 5) is 8.61. The first kappa shape index (κ1) is 7.03. The molecule has 0 bridgehead atoms. The van der Waals surface area contributed by atoms with Crippen LogP contribution in [0, 0.1) is 0 Å². The minimum Gasteiger partial charge on any atom is -0.375 e. The molecule has 4 nitrogen and oxygen atoms in total. The van der Waals surface area contributed by atoms with Crippen molar-refractivity contribution in [3.63, 3.8) is 0 Å². The van der Waals surface area contributed by atoms with E-state index in [2.05, 4.69) is 9.97 Å². The van der Waals surface area contributed by atoms with Crippen LogP contribution < -0.4 is 0 Å². The molecule has 0 saturated carbocycles. The highest BCUT2D eigenvalue weighted by molar-refractivity contribution is 5.35. The van der Waals surface area contributed by atoms with Gasteiger partial charge in [-0.1, -0.05) is 0 Å². The third-order valence-electron chi connectivity index (χ3n) is 2.31. The van der Waals surface area contributed by atoms with Gasteiger partial charge in [0.1, 0.15) is 0 Å². The molecule has 3 rings (SSSR count). The Morgan fingerprint density at radius 3 is 3.46 bits per heavy atom. The summed E-state index contributed by atoms with van der Waals surface area (Å²) in [5.74, 6) is 0.776. The highest BCUT2D eigenvalue weighted by Crippen LogP contribution is 2.16. The molecule has 0 aliphatic carbocycles. The molecule has 0 saturated heterocycles. The lowest BCUT2D eigenvalue weighted by atomic mass is 10.2. The Morgan fingerprint density at radius 1 is 1.46 bits per heavy atom. The third-order valence-corrected chi connectivity index (χ3v) is 2.31. The monoisotopic (exact) mass is 175 g/mol. The smallest absolute Gasteiger partial charge is 0.234 e. The average molecular weight is 175 g/mol. The lowest BCUT2D eigenvalue weighted by Gasteiger charge is -2.10. The number of rotatable bonds is 0. The van der Waals surface area contributed by atoms with Gasteiger partial charge in [-0.15, -0.1) is 0 Å². The van der Waals surface area contributed by atoms with Gasteiger partial charge in [-0.3, -0.25) is 4.40 Å². The normalized spacial score (nSPS) is 16.0. The largest absolute Gasteiger partial charge is 0.375 e. The van der Waals surface area contributed by atoms with Gasteiger partial charge in [0.2, 0.25) is 5.78 Å². The molecule has 3 heterocycles. The van der Waals surface area contributed by atoms with Crippen LogP contribution in [-0.4, -0.2) is 21.0 Å². The fraction of sp³-hybridized carbons (Fsp3) is 0.333. The van der Waals surface area contributed by atoms with E-state index in [-0.39, 0.29) is 0 Å².